The molecule has 0 aliphatic carbocycles. The van der Waals surface area contributed by atoms with Crippen molar-refractivity contribution in [3.05, 3.63) is 53.9 Å². The van der Waals surface area contributed by atoms with Gasteiger partial charge in [0.1, 0.15) is 5.69 Å². The number of rotatable bonds is 5. The summed E-state index contributed by atoms with van der Waals surface area (Å²) in [6, 6.07) is 8.91. The van der Waals surface area contributed by atoms with E-state index in [0.717, 1.165) is 12.8 Å². The third-order valence-electron chi connectivity index (χ3n) is 4.91. The van der Waals surface area contributed by atoms with E-state index >= 15 is 0 Å². The monoisotopic (exact) mass is 417 g/mol. The van der Waals surface area contributed by atoms with Gasteiger partial charge in [-0.25, -0.2) is 13.2 Å². The molecule has 0 atom stereocenters. The highest BCUT2D eigenvalue weighted by Crippen LogP contribution is 2.24. The molecule has 154 valence electrons. The Kier molecular flexibility index (Phi) is 6.29. The number of sulfonamides is 1. The molecule has 0 bridgehead atoms. The zero-order valence-corrected chi connectivity index (χ0v) is 17.1. The zero-order valence-electron chi connectivity index (χ0n) is 16.3. The first-order valence-corrected chi connectivity index (χ1v) is 10.7. The highest BCUT2D eigenvalue weighted by molar-refractivity contribution is 7.89. The molecular weight excluding hydrogens is 394 g/mol. The number of amides is 1. The molecule has 2 aromatic rings. The first-order chi connectivity index (χ1) is 13.8. The van der Waals surface area contributed by atoms with Gasteiger partial charge in [-0.3, -0.25) is 9.78 Å². The van der Waals surface area contributed by atoms with E-state index in [-0.39, 0.29) is 16.2 Å². The Hall–Kier alpha value is -2.78. The summed E-state index contributed by atoms with van der Waals surface area (Å²) in [5.41, 5.74) is 0.808. The molecule has 0 spiro atoms. The molecule has 1 aromatic heterocycles. The highest BCUT2D eigenvalue weighted by atomic mass is 32.2. The summed E-state index contributed by atoms with van der Waals surface area (Å²) in [4.78, 5) is 27.9. The van der Waals surface area contributed by atoms with Gasteiger partial charge in [-0.05, 0) is 55.2 Å². The molecule has 1 aliphatic heterocycles. The molecule has 1 saturated heterocycles. The van der Waals surface area contributed by atoms with Crippen LogP contribution in [0.2, 0.25) is 0 Å². The number of pyridine rings is 1. The van der Waals surface area contributed by atoms with Crippen LogP contribution in [0.5, 0.6) is 0 Å². The molecule has 1 N–H and O–H groups in total. The van der Waals surface area contributed by atoms with E-state index in [4.69, 9.17) is 0 Å². The van der Waals surface area contributed by atoms with Crippen molar-refractivity contribution < 1.29 is 22.7 Å². The van der Waals surface area contributed by atoms with Crippen LogP contribution in [0.25, 0.3) is 0 Å². The standard InChI is InChI=1S/C20H23N3O5S/c1-14-9-11-23(12-10-14)29(26,27)17-6-4-16(5-7-17)22-19(24)18-8-3-15(13-21-18)20(25)28-2/h3-8,13-14H,9-12H2,1-2H3,(H,22,24). The van der Waals surface area contributed by atoms with Crippen LogP contribution in [0.4, 0.5) is 5.69 Å². The highest BCUT2D eigenvalue weighted by Gasteiger charge is 2.27. The lowest BCUT2D eigenvalue weighted by molar-refractivity contribution is 0.0600. The number of nitrogens with one attached hydrogen (secondary N) is 1. The predicted octanol–water partition coefficient (Wildman–Crippen LogP) is 2.54. The SMILES string of the molecule is COC(=O)c1ccc(C(=O)Nc2ccc(S(=O)(=O)N3CCC(C)CC3)cc2)nc1. The van der Waals surface area contributed by atoms with Gasteiger partial charge >= 0.3 is 5.97 Å². The van der Waals surface area contributed by atoms with Gasteiger partial charge in [0.2, 0.25) is 10.0 Å². The summed E-state index contributed by atoms with van der Waals surface area (Å²) in [6.45, 7) is 3.17. The number of aromatic nitrogens is 1. The van der Waals surface area contributed by atoms with Gasteiger partial charge in [0.05, 0.1) is 17.6 Å². The number of hydrogen-bond acceptors (Lipinski definition) is 6. The fraction of sp³-hybridized carbons (Fsp3) is 0.350. The molecular formula is C20H23N3O5S. The normalized spacial score (nSPS) is 15.7. The molecule has 29 heavy (non-hydrogen) atoms. The quantitative estimate of drug-likeness (QED) is 0.750. The maximum atomic E-state index is 12.8. The molecule has 3 rings (SSSR count). The summed E-state index contributed by atoms with van der Waals surface area (Å²) >= 11 is 0. The van der Waals surface area contributed by atoms with E-state index in [1.165, 1.54) is 41.9 Å². The van der Waals surface area contributed by atoms with E-state index in [2.05, 4.69) is 22.0 Å². The molecule has 1 aliphatic rings. The van der Waals surface area contributed by atoms with Crippen LogP contribution < -0.4 is 5.32 Å². The van der Waals surface area contributed by atoms with E-state index in [0.29, 0.717) is 24.7 Å². The molecule has 0 radical (unpaired) electrons. The zero-order chi connectivity index (χ0) is 21.0. The van der Waals surface area contributed by atoms with Crippen molar-refractivity contribution in [2.24, 2.45) is 5.92 Å². The van der Waals surface area contributed by atoms with Crippen molar-refractivity contribution >= 4 is 27.6 Å². The third-order valence-corrected chi connectivity index (χ3v) is 6.82. The van der Waals surface area contributed by atoms with Crippen LogP contribution in [0.3, 0.4) is 0 Å². The predicted molar refractivity (Wildman–Crippen MR) is 107 cm³/mol. The third kappa shape index (κ3) is 4.80. The fourth-order valence-electron chi connectivity index (χ4n) is 3.05. The Labute approximate surface area is 169 Å². The Morgan fingerprint density at radius 2 is 1.76 bits per heavy atom. The Balaban J connectivity index is 1.67. The fourth-order valence-corrected chi connectivity index (χ4v) is 4.52. The van der Waals surface area contributed by atoms with Crippen molar-refractivity contribution in [2.75, 3.05) is 25.5 Å². The number of piperidine rings is 1. The second-order valence-electron chi connectivity index (χ2n) is 6.99. The molecule has 8 nitrogen and oxygen atoms in total. The van der Waals surface area contributed by atoms with Crippen molar-refractivity contribution in [1.82, 2.24) is 9.29 Å². The lowest BCUT2D eigenvalue weighted by atomic mass is 10.0. The number of anilines is 1. The number of carbonyl (C=O) groups excluding carboxylic acids is 2. The summed E-state index contributed by atoms with van der Waals surface area (Å²) in [5, 5.41) is 2.66. The van der Waals surface area contributed by atoms with E-state index in [1.807, 2.05) is 0 Å². The van der Waals surface area contributed by atoms with E-state index in [1.54, 1.807) is 12.1 Å². The smallest absolute Gasteiger partial charge is 0.339 e. The maximum Gasteiger partial charge on any atom is 0.339 e. The number of hydrogen-bond donors (Lipinski definition) is 1. The van der Waals surface area contributed by atoms with Crippen molar-refractivity contribution in [3.8, 4) is 0 Å². The molecule has 1 fully saturated rings. The van der Waals surface area contributed by atoms with E-state index < -0.39 is 21.9 Å². The average Bonchev–Trinajstić information content (AvgIpc) is 2.74. The Morgan fingerprint density at radius 3 is 2.31 bits per heavy atom. The second kappa shape index (κ2) is 8.71. The van der Waals surface area contributed by atoms with Crippen molar-refractivity contribution in [3.63, 3.8) is 0 Å². The number of esters is 1. The Morgan fingerprint density at radius 1 is 1.10 bits per heavy atom. The lowest BCUT2D eigenvalue weighted by Gasteiger charge is -2.29. The molecule has 1 amide bonds. The molecule has 9 heteroatoms. The van der Waals surface area contributed by atoms with Gasteiger partial charge in [0.25, 0.3) is 5.91 Å². The first kappa shape index (κ1) is 20.9. The minimum atomic E-state index is -3.53. The number of ether oxygens (including phenoxy) is 1. The van der Waals surface area contributed by atoms with Gasteiger partial charge in [-0.15, -0.1) is 0 Å². The van der Waals surface area contributed by atoms with Crippen LogP contribution >= 0.6 is 0 Å². The summed E-state index contributed by atoms with van der Waals surface area (Å²) in [5.74, 6) is -0.471. The van der Waals surface area contributed by atoms with E-state index in [9.17, 15) is 18.0 Å². The lowest BCUT2D eigenvalue weighted by Crippen LogP contribution is -2.37. The van der Waals surface area contributed by atoms with Gasteiger partial charge in [0, 0.05) is 25.0 Å². The molecule has 0 unspecified atom stereocenters. The van der Waals surface area contributed by atoms with Gasteiger partial charge in [-0.2, -0.15) is 4.31 Å². The van der Waals surface area contributed by atoms with Crippen LogP contribution in [-0.2, 0) is 14.8 Å². The van der Waals surface area contributed by atoms with Gasteiger partial charge in [-0.1, -0.05) is 6.92 Å². The first-order valence-electron chi connectivity index (χ1n) is 9.27. The molecule has 1 aromatic carbocycles. The van der Waals surface area contributed by atoms with Crippen LogP contribution in [0, 0.1) is 5.92 Å². The molecule has 2 heterocycles. The minimum absolute atomic E-state index is 0.122. The summed E-state index contributed by atoms with van der Waals surface area (Å²) in [6.07, 6.45) is 2.97. The van der Waals surface area contributed by atoms with Crippen LogP contribution in [0.15, 0.2) is 47.5 Å². The number of carbonyl (C=O) groups is 2. The number of methoxy groups -OCH3 is 1. The van der Waals surface area contributed by atoms with Gasteiger partial charge in [0.15, 0.2) is 0 Å². The Bertz CT molecular complexity index is 980. The van der Waals surface area contributed by atoms with Crippen LogP contribution in [0.1, 0.15) is 40.6 Å². The van der Waals surface area contributed by atoms with Crippen molar-refractivity contribution in [2.45, 2.75) is 24.7 Å². The van der Waals surface area contributed by atoms with Gasteiger partial charge < -0.3 is 10.1 Å². The molecule has 0 saturated carbocycles. The minimum Gasteiger partial charge on any atom is -0.465 e. The second-order valence-corrected chi connectivity index (χ2v) is 8.93. The summed E-state index contributed by atoms with van der Waals surface area (Å²) < 4.78 is 31.6. The summed E-state index contributed by atoms with van der Waals surface area (Å²) in [7, 11) is -2.27. The largest absolute Gasteiger partial charge is 0.465 e. The topological polar surface area (TPSA) is 106 Å². The number of benzene rings is 1. The van der Waals surface area contributed by atoms with Crippen molar-refractivity contribution in [1.29, 1.82) is 0 Å². The maximum absolute atomic E-state index is 12.8. The van der Waals surface area contributed by atoms with Crippen LogP contribution in [-0.4, -0.2) is 49.8 Å². The average molecular weight is 417 g/mol. The number of nitrogens with zero attached hydrogens (tertiary/aromatic N) is 2.